The number of rotatable bonds is 6. The molecule has 0 aliphatic rings. The quantitative estimate of drug-likeness (QED) is 0.469. The van der Waals surface area contributed by atoms with Crippen molar-refractivity contribution in [3.63, 3.8) is 0 Å². The van der Waals surface area contributed by atoms with Crippen LogP contribution in [-0.4, -0.2) is 33.7 Å². The summed E-state index contributed by atoms with van der Waals surface area (Å²) < 4.78 is 21.6. The molecule has 4 rings (SSSR count). The highest BCUT2D eigenvalue weighted by molar-refractivity contribution is 6.14. The Morgan fingerprint density at radius 1 is 1.15 bits per heavy atom. The molecule has 8 nitrogen and oxygen atoms in total. The van der Waals surface area contributed by atoms with E-state index in [4.69, 9.17) is 10.5 Å². The lowest BCUT2D eigenvalue weighted by Crippen LogP contribution is -2.18. The molecule has 9 heteroatoms. The molecule has 0 aliphatic heterocycles. The summed E-state index contributed by atoms with van der Waals surface area (Å²) in [5, 5.41) is 7.36. The highest BCUT2D eigenvalue weighted by Crippen LogP contribution is 2.26. The number of carbonyl (C=O) groups excluding carboxylic acids is 2. The fraction of sp³-hybridized carbons (Fsp3) is 0.167. The Hall–Kier alpha value is -4.27. The molecule has 0 fully saturated rings. The number of ether oxygens (including phenoxy) is 1. The van der Waals surface area contributed by atoms with Gasteiger partial charge in [-0.25, -0.2) is 9.37 Å². The van der Waals surface area contributed by atoms with E-state index < -0.39 is 17.6 Å². The number of anilines is 1. The molecule has 2 heterocycles. The number of hydrogen-bond donors (Lipinski definition) is 2. The van der Waals surface area contributed by atoms with Crippen LogP contribution in [0.25, 0.3) is 10.9 Å². The predicted octanol–water partition coefficient (Wildman–Crippen LogP) is 3.60. The van der Waals surface area contributed by atoms with Gasteiger partial charge in [-0.05, 0) is 49.7 Å². The van der Waals surface area contributed by atoms with Gasteiger partial charge in [0, 0.05) is 5.39 Å². The smallest absolute Gasteiger partial charge is 0.267 e. The molecule has 2 aromatic carbocycles. The molecule has 2 aromatic heterocycles. The number of amides is 2. The first kappa shape index (κ1) is 21.9. The largest absolute Gasteiger partial charge is 0.497 e. The number of aryl methyl sites for hydroxylation is 1. The van der Waals surface area contributed by atoms with Gasteiger partial charge >= 0.3 is 0 Å². The maximum atomic E-state index is 14.6. The highest BCUT2D eigenvalue weighted by Gasteiger charge is 2.21. The Bertz CT molecular complexity index is 1400. The minimum atomic E-state index is -0.811. The zero-order valence-corrected chi connectivity index (χ0v) is 18.3. The van der Waals surface area contributed by atoms with Crippen molar-refractivity contribution in [1.82, 2.24) is 14.8 Å². The maximum Gasteiger partial charge on any atom is 0.267 e. The third kappa shape index (κ3) is 4.25. The topological polar surface area (TPSA) is 112 Å². The summed E-state index contributed by atoms with van der Waals surface area (Å²) in [6, 6.07) is 13.0. The third-order valence-corrected chi connectivity index (χ3v) is 5.37. The van der Waals surface area contributed by atoms with E-state index >= 15 is 0 Å². The second kappa shape index (κ2) is 8.70. The van der Waals surface area contributed by atoms with E-state index in [1.807, 2.05) is 31.2 Å². The summed E-state index contributed by atoms with van der Waals surface area (Å²) >= 11 is 0. The highest BCUT2D eigenvalue weighted by atomic mass is 19.1. The fourth-order valence-corrected chi connectivity index (χ4v) is 3.71. The van der Waals surface area contributed by atoms with Gasteiger partial charge in [0.05, 0.1) is 41.8 Å². The van der Waals surface area contributed by atoms with Crippen LogP contribution in [0.2, 0.25) is 0 Å². The number of nitrogens with one attached hydrogen (secondary N) is 1. The van der Waals surface area contributed by atoms with Crippen LogP contribution < -0.4 is 15.8 Å². The molecular formula is C24H22FN5O3. The van der Waals surface area contributed by atoms with Crippen LogP contribution in [0.5, 0.6) is 5.75 Å². The van der Waals surface area contributed by atoms with E-state index in [9.17, 15) is 14.0 Å². The molecule has 0 saturated heterocycles. The van der Waals surface area contributed by atoms with Gasteiger partial charge in [0.1, 0.15) is 17.3 Å². The lowest BCUT2D eigenvalue weighted by Gasteiger charge is -2.11. The summed E-state index contributed by atoms with van der Waals surface area (Å²) in [4.78, 5) is 29.0. The Balaban J connectivity index is 1.70. The summed E-state index contributed by atoms with van der Waals surface area (Å²) in [7, 11) is 1.60. The van der Waals surface area contributed by atoms with Gasteiger partial charge in [0.15, 0.2) is 0 Å². The van der Waals surface area contributed by atoms with E-state index in [0.29, 0.717) is 17.9 Å². The molecule has 0 spiro atoms. The molecular weight excluding hydrogens is 425 g/mol. The predicted molar refractivity (Wildman–Crippen MR) is 122 cm³/mol. The first-order chi connectivity index (χ1) is 15.8. The minimum Gasteiger partial charge on any atom is -0.497 e. The summed E-state index contributed by atoms with van der Waals surface area (Å²) in [6.07, 6.45) is 0. The van der Waals surface area contributed by atoms with Crippen LogP contribution >= 0.6 is 0 Å². The van der Waals surface area contributed by atoms with E-state index in [1.165, 1.54) is 24.3 Å². The molecule has 4 aromatic rings. The van der Waals surface area contributed by atoms with Gasteiger partial charge in [-0.3, -0.25) is 14.3 Å². The number of pyridine rings is 1. The van der Waals surface area contributed by atoms with Crippen LogP contribution in [0, 0.1) is 19.7 Å². The second-order valence-corrected chi connectivity index (χ2v) is 7.56. The summed E-state index contributed by atoms with van der Waals surface area (Å²) in [6.45, 7) is 4.07. The van der Waals surface area contributed by atoms with E-state index in [-0.39, 0.29) is 22.2 Å². The van der Waals surface area contributed by atoms with Gasteiger partial charge in [0.2, 0.25) is 0 Å². The molecule has 33 heavy (non-hydrogen) atoms. The molecule has 3 N–H and O–H groups in total. The average molecular weight is 447 g/mol. The zero-order chi connectivity index (χ0) is 23.7. The van der Waals surface area contributed by atoms with Crippen molar-refractivity contribution in [3.8, 4) is 5.75 Å². The number of aromatic nitrogens is 3. The molecule has 0 bridgehead atoms. The van der Waals surface area contributed by atoms with Crippen molar-refractivity contribution >= 4 is 28.4 Å². The second-order valence-electron chi connectivity index (χ2n) is 7.56. The Kier molecular flexibility index (Phi) is 5.78. The Morgan fingerprint density at radius 2 is 1.91 bits per heavy atom. The number of fused-ring (bicyclic) bond motifs is 1. The first-order valence-electron chi connectivity index (χ1n) is 10.2. The summed E-state index contributed by atoms with van der Waals surface area (Å²) in [5.74, 6) is -1.29. The first-order valence-corrected chi connectivity index (χ1v) is 10.2. The molecule has 0 aliphatic carbocycles. The van der Waals surface area contributed by atoms with Gasteiger partial charge in [-0.15, -0.1) is 0 Å². The lowest BCUT2D eigenvalue weighted by molar-refractivity contribution is 0.0996. The number of nitrogens with zero attached hydrogens (tertiary/aromatic N) is 3. The van der Waals surface area contributed by atoms with Crippen molar-refractivity contribution in [2.24, 2.45) is 5.73 Å². The number of benzene rings is 2. The van der Waals surface area contributed by atoms with E-state index in [1.54, 1.807) is 18.7 Å². The van der Waals surface area contributed by atoms with Crippen molar-refractivity contribution in [2.45, 2.75) is 20.4 Å². The standard InChI is InChI=1S/C24H22FN5O3/c1-13-22(14(2)30(29-13)12-15-6-4-7-16(10-15)33-3)28-24(32)17-11-20(23(26)31)27-19-9-5-8-18(25)21(17)19/h4-11H,12H2,1-3H3,(H2,26,31)(H,28,32). The monoisotopic (exact) mass is 447 g/mol. The van der Waals surface area contributed by atoms with Crippen LogP contribution in [0.4, 0.5) is 10.1 Å². The summed E-state index contributed by atoms with van der Waals surface area (Å²) in [5.41, 5.74) is 8.16. The normalized spacial score (nSPS) is 10.9. The minimum absolute atomic E-state index is 0.0130. The van der Waals surface area contributed by atoms with Gasteiger partial charge in [0.25, 0.3) is 11.8 Å². The van der Waals surface area contributed by atoms with Crippen molar-refractivity contribution < 1.29 is 18.7 Å². The Labute approximate surface area is 189 Å². The number of halogens is 1. The number of nitrogens with two attached hydrogens (primary N) is 1. The zero-order valence-electron chi connectivity index (χ0n) is 18.3. The van der Waals surface area contributed by atoms with Crippen LogP contribution in [-0.2, 0) is 6.54 Å². The molecule has 0 radical (unpaired) electrons. The Morgan fingerprint density at radius 3 is 2.64 bits per heavy atom. The van der Waals surface area contributed by atoms with E-state index in [0.717, 1.165) is 17.0 Å². The van der Waals surface area contributed by atoms with Crippen LogP contribution in [0.1, 0.15) is 37.8 Å². The molecule has 0 atom stereocenters. The van der Waals surface area contributed by atoms with E-state index in [2.05, 4.69) is 15.4 Å². The van der Waals surface area contributed by atoms with Crippen molar-refractivity contribution in [2.75, 3.05) is 12.4 Å². The number of hydrogen-bond acceptors (Lipinski definition) is 5. The fourth-order valence-electron chi connectivity index (χ4n) is 3.71. The number of carbonyl (C=O) groups is 2. The van der Waals surface area contributed by atoms with Gasteiger partial charge in [-0.1, -0.05) is 18.2 Å². The van der Waals surface area contributed by atoms with Gasteiger partial charge < -0.3 is 15.8 Å². The van der Waals surface area contributed by atoms with Gasteiger partial charge in [-0.2, -0.15) is 5.10 Å². The SMILES string of the molecule is COc1cccc(Cn2nc(C)c(NC(=O)c3cc(C(N)=O)nc4cccc(F)c34)c2C)c1. The van der Waals surface area contributed by atoms with Crippen LogP contribution in [0.15, 0.2) is 48.5 Å². The molecule has 168 valence electrons. The van der Waals surface area contributed by atoms with Crippen molar-refractivity contribution in [3.05, 3.63) is 82.6 Å². The maximum absolute atomic E-state index is 14.6. The number of primary amides is 1. The average Bonchev–Trinajstić information content (AvgIpc) is 3.05. The van der Waals surface area contributed by atoms with Crippen molar-refractivity contribution in [1.29, 1.82) is 0 Å². The van der Waals surface area contributed by atoms with Crippen LogP contribution in [0.3, 0.4) is 0 Å². The molecule has 2 amide bonds. The molecule has 0 saturated carbocycles. The third-order valence-electron chi connectivity index (χ3n) is 5.37. The lowest BCUT2D eigenvalue weighted by atomic mass is 10.1. The number of methoxy groups -OCH3 is 1. The molecule has 0 unspecified atom stereocenters.